The zero-order valence-corrected chi connectivity index (χ0v) is 11.7. The second kappa shape index (κ2) is 5.34. The van der Waals surface area contributed by atoms with Crippen molar-refractivity contribution in [2.45, 2.75) is 0 Å². The topological polar surface area (TPSA) is 60.5 Å². The van der Waals surface area contributed by atoms with E-state index in [9.17, 15) is 10.1 Å². The van der Waals surface area contributed by atoms with Gasteiger partial charge in [-0.05, 0) is 18.3 Å². The third kappa shape index (κ3) is 2.61. The second-order valence-corrected chi connectivity index (χ2v) is 4.79. The van der Waals surface area contributed by atoms with Crippen LogP contribution < -0.4 is 10.2 Å². The van der Waals surface area contributed by atoms with Crippen LogP contribution in [0.4, 0.5) is 11.4 Å². The van der Waals surface area contributed by atoms with Crippen LogP contribution in [0.3, 0.4) is 0 Å². The SMILES string of the molecule is O=[N+]([O-])c1cccc(N2C=C(c3ccccc3)[N]C2=S)c1. The van der Waals surface area contributed by atoms with Crippen molar-refractivity contribution in [1.82, 2.24) is 5.32 Å². The lowest BCUT2D eigenvalue weighted by Gasteiger charge is -2.13. The molecule has 2 aromatic rings. The van der Waals surface area contributed by atoms with E-state index in [1.165, 1.54) is 12.1 Å². The molecule has 21 heavy (non-hydrogen) atoms. The Bertz CT molecular complexity index is 744. The van der Waals surface area contributed by atoms with E-state index in [0.29, 0.717) is 10.8 Å². The fourth-order valence-electron chi connectivity index (χ4n) is 2.05. The summed E-state index contributed by atoms with van der Waals surface area (Å²) in [5.41, 5.74) is 2.35. The van der Waals surface area contributed by atoms with E-state index in [1.54, 1.807) is 23.2 Å². The van der Waals surface area contributed by atoms with Gasteiger partial charge in [0.1, 0.15) is 0 Å². The van der Waals surface area contributed by atoms with Crippen LogP contribution in [0.25, 0.3) is 5.70 Å². The Morgan fingerprint density at radius 2 is 1.86 bits per heavy atom. The van der Waals surface area contributed by atoms with E-state index in [0.717, 1.165) is 11.3 Å². The fourth-order valence-corrected chi connectivity index (χ4v) is 2.31. The monoisotopic (exact) mass is 296 g/mol. The fraction of sp³-hybridized carbons (Fsp3) is 0. The number of nitro groups is 1. The normalized spacial score (nSPS) is 13.8. The molecule has 2 aromatic carbocycles. The number of nitro benzene ring substituents is 1. The van der Waals surface area contributed by atoms with Gasteiger partial charge in [0.2, 0.25) is 5.11 Å². The van der Waals surface area contributed by atoms with Crippen LogP contribution in [0, 0.1) is 10.1 Å². The van der Waals surface area contributed by atoms with Crippen LogP contribution in [0.2, 0.25) is 0 Å². The highest BCUT2D eigenvalue weighted by molar-refractivity contribution is 7.80. The smallest absolute Gasteiger partial charge is 0.271 e. The third-order valence-electron chi connectivity index (χ3n) is 3.06. The highest BCUT2D eigenvalue weighted by Crippen LogP contribution is 2.27. The summed E-state index contributed by atoms with van der Waals surface area (Å²) in [5.74, 6) is 0. The van der Waals surface area contributed by atoms with Crippen molar-refractivity contribution in [1.29, 1.82) is 0 Å². The summed E-state index contributed by atoms with van der Waals surface area (Å²) in [4.78, 5) is 12.1. The van der Waals surface area contributed by atoms with Crippen LogP contribution in [0.15, 0.2) is 60.8 Å². The molecule has 6 heteroatoms. The predicted octanol–water partition coefficient (Wildman–Crippen LogP) is 3.30. The van der Waals surface area contributed by atoms with Crippen molar-refractivity contribution in [2.24, 2.45) is 0 Å². The van der Waals surface area contributed by atoms with E-state index in [1.807, 2.05) is 30.3 Å². The lowest BCUT2D eigenvalue weighted by Crippen LogP contribution is -2.23. The molecular weight excluding hydrogens is 286 g/mol. The molecule has 0 saturated carbocycles. The van der Waals surface area contributed by atoms with Gasteiger partial charge in [-0.25, -0.2) is 5.32 Å². The Kier molecular flexibility index (Phi) is 3.37. The standard InChI is InChI=1S/C15H10N3O2S/c19-18(20)13-8-4-7-12(9-13)17-10-14(16-15(17)21)11-5-2-1-3-6-11/h1-10H. The lowest BCUT2D eigenvalue weighted by atomic mass is 10.2. The predicted molar refractivity (Wildman–Crippen MR) is 84.7 cm³/mol. The Morgan fingerprint density at radius 3 is 2.57 bits per heavy atom. The van der Waals surface area contributed by atoms with Gasteiger partial charge in [-0.3, -0.25) is 15.0 Å². The summed E-state index contributed by atoms with van der Waals surface area (Å²) in [6.45, 7) is 0. The summed E-state index contributed by atoms with van der Waals surface area (Å²) < 4.78 is 0. The maximum atomic E-state index is 10.9. The molecule has 1 aliphatic rings. The van der Waals surface area contributed by atoms with Crippen molar-refractivity contribution in [2.75, 3.05) is 4.90 Å². The largest absolute Gasteiger partial charge is 0.290 e. The van der Waals surface area contributed by atoms with Gasteiger partial charge in [0, 0.05) is 23.9 Å². The number of hydrogen-bond acceptors (Lipinski definition) is 3. The van der Waals surface area contributed by atoms with Gasteiger partial charge >= 0.3 is 0 Å². The summed E-state index contributed by atoms with van der Waals surface area (Å²) in [5, 5.41) is 15.6. The summed E-state index contributed by atoms with van der Waals surface area (Å²) in [6.07, 6.45) is 1.79. The molecule has 0 saturated heterocycles. The molecule has 0 unspecified atom stereocenters. The van der Waals surface area contributed by atoms with Gasteiger partial charge in [0.15, 0.2) is 0 Å². The minimum absolute atomic E-state index is 0.0249. The summed E-state index contributed by atoms with van der Waals surface area (Å²) in [7, 11) is 0. The number of anilines is 1. The molecule has 5 nitrogen and oxygen atoms in total. The van der Waals surface area contributed by atoms with Gasteiger partial charge in [0.25, 0.3) is 5.69 Å². The lowest BCUT2D eigenvalue weighted by molar-refractivity contribution is -0.384. The Hall–Kier alpha value is -2.73. The molecule has 0 aromatic heterocycles. The zero-order chi connectivity index (χ0) is 14.8. The molecule has 1 heterocycles. The first-order valence-electron chi connectivity index (χ1n) is 6.22. The van der Waals surface area contributed by atoms with Gasteiger partial charge in [-0.1, -0.05) is 36.4 Å². The first-order chi connectivity index (χ1) is 10.1. The van der Waals surface area contributed by atoms with Crippen molar-refractivity contribution in [3.63, 3.8) is 0 Å². The first kappa shape index (κ1) is 13.3. The van der Waals surface area contributed by atoms with Crippen molar-refractivity contribution >= 4 is 34.4 Å². The van der Waals surface area contributed by atoms with E-state index >= 15 is 0 Å². The molecule has 0 amide bonds. The van der Waals surface area contributed by atoms with E-state index in [-0.39, 0.29) is 5.69 Å². The van der Waals surface area contributed by atoms with Crippen LogP contribution in [-0.2, 0) is 0 Å². The average Bonchev–Trinajstić information content (AvgIpc) is 2.90. The van der Waals surface area contributed by atoms with Gasteiger partial charge in [0.05, 0.1) is 16.3 Å². The van der Waals surface area contributed by atoms with Crippen LogP contribution in [0.1, 0.15) is 5.56 Å². The van der Waals surface area contributed by atoms with Crippen LogP contribution in [0.5, 0.6) is 0 Å². The van der Waals surface area contributed by atoms with Crippen molar-refractivity contribution < 1.29 is 4.92 Å². The van der Waals surface area contributed by atoms with E-state index in [4.69, 9.17) is 12.2 Å². The molecule has 0 atom stereocenters. The number of benzene rings is 2. The molecule has 0 spiro atoms. The van der Waals surface area contributed by atoms with Gasteiger partial charge in [-0.2, -0.15) is 0 Å². The van der Waals surface area contributed by atoms with Gasteiger partial charge in [-0.15, -0.1) is 0 Å². The minimum atomic E-state index is -0.429. The molecule has 0 aliphatic carbocycles. The second-order valence-electron chi connectivity index (χ2n) is 4.42. The quantitative estimate of drug-likeness (QED) is 0.495. The highest BCUT2D eigenvalue weighted by Gasteiger charge is 2.23. The van der Waals surface area contributed by atoms with Crippen LogP contribution >= 0.6 is 12.2 Å². The average molecular weight is 296 g/mol. The third-order valence-corrected chi connectivity index (χ3v) is 3.35. The number of thiocarbonyl (C=S) groups is 1. The zero-order valence-electron chi connectivity index (χ0n) is 10.8. The molecule has 0 N–H and O–H groups in total. The number of non-ortho nitro benzene ring substituents is 1. The van der Waals surface area contributed by atoms with E-state index < -0.39 is 4.92 Å². The maximum absolute atomic E-state index is 10.9. The van der Waals surface area contributed by atoms with Crippen LogP contribution in [-0.4, -0.2) is 10.0 Å². The molecule has 0 bridgehead atoms. The highest BCUT2D eigenvalue weighted by atomic mass is 32.1. The Morgan fingerprint density at radius 1 is 1.10 bits per heavy atom. The molecule has 1 radical (unpaired) electrons. The minimum Gasteiger partial charge on any atom is -0.290 e. The van der Waals surface area contributed by atoms with Crippen molar-refractivity contribution in [3.8, 4) is 0 Å². The molecular formula is C15H10N3O2S. The molecule has 3 rings (SSSR count). The molecule has 1 aliphatic heterocycles. The Labute approximate surface area is 126 Å². The Balaban J connectivity index is 1.96. The number of nitrogens with zero attached hydrogens (tertiary/aromatic N) is 3. The molecule has 0 fully saturated rings. The van der Waals surface area contributed by atoms with Gasteiger partial charge < -0.3 is 0 Å². The summed E-state index contributed by atoms with van der Waals surface area (Å²) >= 11 is 5.25. The van der Waals surface area contributed by atoms with Crippen molar-refractivity contribution in [3.05, 3.63) is 76.5 Å². The molecule has 103 valence electrons. The summed E-state index contributed by atoms with van der Waals surface area (Å²) in [6, 6.07) is 16.0. The van der Waals surface area contributed by atoms with E-state index in [2.05, 4.69) is 5.32 Å². The first-order valence-corrected chi connectivity index (χ1v) is 6.62. The maximum Gasteiger partial charge on any atom is 0.271 e. The number of rotatable bonds is 3. The number of hydrogen-bond donors (Lipinski definition) is 0.